The van der Waals surface area contributed by atoms with Gasteiger partial charge in [-0.2, -0.15) is 0 Å². The highest BCUT2D eigenvalue weighted by Gasteiger charge is 2.17. The van der Waals surface area contributed by atoms with E-state index in [1.807, 2.05) is 0 Å². The van der Waals surface area contributed by atoms with E-state index in [1.54, 1.807) is 42.5 Å². The Bertz CT molecular complexity index is 1190. The van der Waals surface area contributed by atoms with Gasteiger partial charge in [0.25, 0.3) is 11.8 Å². The first-order valence-corrected chi connectivity index (χ1v) is 9.88. The Hall–Kier alpha value is -4.10. The lowest BCUT2D eigenvalue weighted by atomic mass is 10.1. The van der Waals surface area contributed by atoms with Gasteiger partial charge in [0.2, 0.25) is 0 Å². The minimum Gasteiger partial charge on any atom is -0.508 e. The molecule has 0 unspecified atom stereocenters. The van der Waals surface area contributed by atoms with Crippen molar-refractivity contribution in [3.05, 3.63) is 106 Å². The molecule has 0 aliphatic heterocycles. The van der Waals surface area contributed by atoms with E-state index in [0.29, 0.717) is 11.1 Å². The summed E-state index contributed by atoms with van der Waals surface area (Å²) >= 11 is 6.19. The minimum atomic E-state index is -1.30. The maximum absolute atomic E-state index is 12.6. The molecule has 3 aromatic carbocycles. The first kappa shape index (κ1) is 22.6. The van der Waals surface area contributed by atoms with Crippen molar-refractivity contribution in [1.29, 1.82) is 0 Å². The number of phenolic OH excluding ortho intramolecular Hbond substituents is 1. The monoisotopic (exact) mass is 450 g/mol. The fourth-order valence-electron chi connectivity index (χ4n) is 2.85. The molecule has 0 fully saturated rings. The van der Waals surface area contributed by atoms with Crippen molar-refractivity contribution >= 4 is 35.5 Å². The number of hydrogen-bond acceptors (Lipinski definition) is 4. The summed E-state index contributed by atoms with van der Waals surface area (Å²) in [6.45, 7) is 0.194. The van der Waals surface area contributed by atoms with Crippen LogP contribution in [-0.2, 0) is 11.3 Å². The van der Waals surface area contributed by atoms with Gasteiger partial charge in [-0.1, -0.05) is 54.1 Å². The molecular formula is C24H19ClN2O5. The molecule has 0 saturated heterocycles. The van der Waals surface area contributed by atoms with E-state index < -0.39 is 17.8 Å². The quantitative estimate of drug-likeness (QED) is 0.408. The van der Waals surface area contributed by atoms with Crippen LogP contribution in [-0.4, -0.2) is 28.0 Å². The van der Waals surface area contributed by atoms with Crippen LogP contribution in [0.4, 0.5) is 0 Å². The first-order valence-electron chi connectivity index (χ1n) is 9.50. The van der Waals surface area contributed by atoms with Gasteiger partial charge in [-0.25, -0.2) is 4.79 Å². The number of benzene rings is 3. The van der Waals surface area contributed by atoms with Crippen molar-refractivity contribution in [3.63, 3.8) is 0 Å². The topological polar surface area (TPSA) is 116 Å². The number of halogens is 1. The molecule has 7 nitrogen and oxygen atoms in total. The lowest BCUT2D eigenvalue weighted by Crippen LogP contribution is -2.28. The average Bonchev–Trinajstić information content (AvgIpc) is 2.77. The molecule has 0 aliphatic rings. The third kappa shape index (κ3) is 5.96. The second-order valence-electron chi connectivity index (χ2n) is 6.78. The Morgan fingerprint density at radius 3 is 2.31 bits per heavy atom. The van der Waals surface area contributed by atoms with E-state index in [9.17, 15) is 24.6 Å². The Kier molecular flexibility index (Phi) is 7.25. The van der Waals surface area contributed by atoms with Crippen molar-refractivity contribution in [2.45, 2.75) is 6.54 Å². The fraction of sp³-hybridized carbons (Fsp3) is 0.0417. The number of nitrogens with one attached hydrogen (secondary N) is 2. The molecule has 0 radical (unpaired) electrons. The van der Waals surface area contributed by atoms with Gasteiger partial charge in [-0.3, -0.25) is 9.59 Å². The van der Waals surface area contributed by atoms with Crippen LogP contribution >= 0.6 is 11.6 Å². The molecule has 0 heterocycles. The summed E-state index contributed by atoms with van der Waals surface area (Å²) in [6.07, 6.45) is 1.33. The van der Waals surface area contributed by atoms with Gasteiger partial charge in [0.15, 0.2) is 0 Å². The molecule has 0 bridgehead atoms. The predicted molar refractivity (Wildman–Crippen MR) is 120 cm³/mol. The van der Waals surface area contributed by atoms with Crippen molar-refractivity contribution in [2.24, 2.45) is 0 Å². The van der Waals surface area contributed by atoms with Crippen LogP contribution in [0.5, 0.6) is 5.75 Å². The predicted octanol–water partition coefficient (Wildman–Crippen LogP) is 3.83. The molecule has 3 rings (SSSR count). The third-order valence-corrected chi connectivity index (χ3v) is 4.74. The number of carbonyl (C=O) groups is 3. The van der Waals surface area contributed by atoms with E-state index >= 15 is 0 Å². The molecule has 0 aromatic heterocycles. The van der Waals surface area contributed by atoms with Crippen molar-refractivity contribution in [2.75, 3.05) is 0 Å². The lowest BCUT2D eigenvalue weighted by molar-refractivity contribution is -0.132. The number of carboxylic acid groups (broad SMARTS) is 1. The summed E-state index contributed by atoms with van der Waals surface area (Å²) in [5, 5.41) is 23.9. The Morgan fingerprint density at radius 2 is 1.66 bits per heavy atom. The first-order chi connectivity index (χ1) is 15.3. The molecule has 0 aliphatic carbocycles. The zero-order chi connectivity index (χ0) is 23.1. The molecule has 0 saturated carbocycles. The van der Waals surface area contributed by atoms with Crippen LogP contribution in [0, 0.1) is 0 Å². The zero-order valence-electron chi connectivity index (χ0n) is 16.7. The molecule has 4 N–H and O–H groups in total. The molecule has 162 valence electrons. The van der Waals surface area contributed by atoms with Gasteiger partial charge in [-0.05, 0) is 47.5 Å². The van der Waals surface area contributed by atoms with Crippen molar-refractivity contribution in [1.82, 2.24) is 10.6 Å². The molecule has 0 spiro atoms. The summed E-state index contributed by atoms with van der Waals surface area (Å²) < 4.78 is 0. The summed E-state index contributed by atoms with van der Waals surface area (Å²) in [4.78, 5) is 36.5. The van der Waals surface area contributed by atoms with Crippen LogP contribution in [0.15, 0.2) is 78.5 Å². The van der Waals surface area contributed by atoms with Crippen LogP contribution < -0.4 is 10.6 Å². The second-order valence-corrected chi connectivity index (χ2v) is 7.18. The number of hydrogen-bond donors (Lipinski definition) is 4. The summed E-state index contributed by atoms with van der Waals surface area (Å²) in [5.41, 5.74) is 1.26. The lowest BCUT2D eigenvalue weighted by Gasteiger charge is -2.10. The number of aliphatic carboxylic acids is 1. The van der Waals surface area contributed by atoms with Crippen molar-refractivity contribution < 1.29 is 24.6 Å². The van der Waals surface area contributed by atoms with Gasteiger partial charge in [0, 0.05) is 12.1 Å². The molecular weight excluding hydrogens is 432 g/mol. The normalized spacial score (nSPS) is 11.0. The van der Waals surface area contributed by atoms with Gasteiger partial charge < -0.3 is 20.8 Å². The SMILES string of the molecule is O=C(O)/C(=C/c1ccccc1)NC(=O)c1ccc(C(=O)NCc2cccc(O)c2)cc1Cl. The second kappa shape index (κ2) is 10.3. The largest absolute Gasteiger partial charge is 0.508 e. The van der Waals surface area contributed by atoms with Gasteiger partial charge >= 0.3 is 5.97 Å². The average molecular weight is 451 g/mol. The standard InChI is InChI=1S/C24H19ClN2O5/c25-20-13-17(22(29)26-14-16-7-4-8-18(28)11-16)9-10-19(20)23(30)27-21(24(31)32)12-15-5-2-1-3-6-15/h1-13,28H,14H2,(H,26,29)(H,27,30)(H,31,32)/b21-12-. The Labute approximate surface area is 189 Å². The molecule has 8 heteroatoms. The van der Waals surface area contributed by atoms with Crippen LogP contribution in [0.2, 0.25) is 5.02 Å². The van der Waals surface area contributed by atoms with Gasteiger partial charge in [0.05, 0.1) is 10.6 Å². The van der Waals surface area contributed by atoms with E-state index in [2.05, 4.69) is 10.6 Å². The Balaban J connectivity index is 1.70. The summed E-state index contributed by atoms with van der Waals surface area (Å²) in [7, 11) is 0. The number of carbonyl (C=O) groups excluding carboxylic acids is 2. The molecule has 32 heavy (non-hydrogen) atoms. The smallest absolute Gasteiger partial charge is 0.352 e. The third-order valence-electron chi connectivity index (χ3n) is 4.43. The summed E-state index contributed by atoms with van der Waals surface area (Å²) in [6, 6.07) is 19.3. The van der Waals surface area contributed by atoms with Crippen LogP contribution in [0.3, 0.4) is 0 Å². The van der Waals surface area contributed by atoms with Crippen LogP contribution in [0.1, 0.15) is 31.8 Å². The highest BCUT2D eigenvalue weighted by atomic mass is 35.5. The van der Waals surface area contributed by atoms with Gasteiger partial charge in [-0.15, -0.1) is 0 Å². The number of rotatable bonds is 7. The van der Waals surface area contributed by atoms with E-state index in [-0.39, 0.29) is 34.1 Å². The molecule has 2 amide bonds. The van der Waals surface area contributed by atoms with Gasteiger partial charge in [0.1, 0.15) is 11.4 Å². The number of phenols is 1. The van der Waals surface area contributed by atoms with Crippen molar-refractivity contribution in [3.8, 4) is 5.75 Å². The number of aromatic hydroxyl groups is 1. The number of amides is 2. The highest BCUT2D eigenvalue weighted by Crippen LogP contribution is 2.19. The number of carboxylic acids is 1. The Morgan fingerprint density at radius 1 is 0.906 bits per heavy atom. The maximum Gasteiger partial charge on any atom is 0.352 e. The summed E-state index contributed by atoms with van der Waals surface area (Å²) in [5.74, 6) is -2.35. The van der Waals surface area contributed by atoms with E-state index in [0.717, 1.165) is 0 Å². The van der Waals surface area contributed by atoms with Crippen LogP contribution in [0.25, 0.3) is 6.08 Å². The van der Waals surface area contributed by atoms with E-state index in [4.69, 9.17) is 11.6 Å². The molecule has 0 atom stereocenters. The minimum absolute atomic E-state index is 0.00282. The van der Waals surface area contributed by atoms with E-state index in [1.165, 1.54) is 36.4 Å². The molecule has 3 aromatic rings. The maximum atomic E-state index is 12.6. The highest BCUT2D eigenvalue weighted by molar-refractivity contribution is 6.34. The zero-order valence-corrected chi connectivity index (χ0v) is 17.5. The fourth-order valence-corrected chi connectivity index (χ4v) is 3.11.